The summed E-state index contributed by atoms with van der Waals surface area (Å²) < 4.78 is 17.4. The number of benzene rings is 1. The minimum Gasteiger partial charge on any atom is -0.497 e. The highest BCUT2D eigenvalue weighted by molar-refractivity contribution is 6.07. The number of aromatic amines is 1. The molecule has 9 nitrogen and oxygen atoms in total. The molecule has 3 aliphatic rings. The number of nitrogens with one attached hydrogen (secondary N) is 3. The van der Waals surface area contributed by atoms with E-state index in [0.29, 0.717) is 47.6 Å². The highest BCUT2D eigenvalue weighted by Gasteiger charge is 2.34. The molecular weight excluding hydrogens is 470 g/mol. The predicted octanol–water partition coefficient (Wildman–Crippen LogP) is 4.16. The molecule has 9 heteroatoms. The summed E-state index contributed by atoms with van der Waals surface area (Å²) in [6.45, 7) is 4.52. The van der Waals surface area contributed by atoms with Gasteiger partial charge in [-0.15, -0.1) is 0 Å². The zero-order valence-corrected chi connectivity index (χ0v) is 21.3. The maximum atomic E-state index is 13.3. The summed E-state index contributed by atoms with van der Waals surface area (Å²) in [4.78, 5) is 23.9. The summed E-state index contributed by atoms with van der Waals surface area (Å²) in [6.07, 6.45) is 6.76. The molecule has 0 radical (unpaired) electrons. The molecule has 6 rings (SSSR count). The number of methoxy groups -OCH3 is 2. The average Bonchev–Trinajstić information content (AvgIpc) is 3.54. The van der Waals surface area contributed by atoms with Crippen molar-refractivity contribution < 1.29 is 19.0 Å². The topological polar surface area (TPSA) is 101 Å². The molecule has 1 aromatic carbocycles. The molecule has 1 saturated heterocycles. The number of anilines is 2. The lowest BCUT2D eigenvalue weighted by Crippen LogP contribution is -2.35. The number of hydrogen-bond acceptors (Lipinski definition) is 7. The monoisotopic (exact) mass is 503 g/mol. The molecule has 1 amide bonds. The first-order valence-corrected chi connectivity index (χ1v) is 13.0. The van der Waals surface area contributed by atoms with E-state index in [1.165, 1.54) is 0 Å². The first-order chi connectivity index (χ1) is 18.1. The number of H-pyrrole nitrogens is 1. The van der Waals surface area contributed by atoms with Crippen molar-refractivity contribution in [2.24, 2.45) is 5.92 Å². The number of ether oxygens (including phenoxy) is 3. The molecule has 1 fully saturated rings. The fourth-order valence-electron chi connectivity index (χ4n) is 5.80. The second-order valence-corrected chi connectivity index (χ2v) is 10.0. The van der Waals surface area contributed by atoms with Gasteiger partial charge in [0.25, 0.3) is 5.91 Å². The number of hydrogen-bond donors (Lipinski definition) is 3. The number of aromatic nitrogens is 2. The SMILES string of the molecule is COc1ccc(Nc2c3[nH]c4c2C(=O)NC[C@@H]4CCCN2CC[C@@H](COc4cnccc4-3)C2)c(OC)c1. The summed E-state index contributed by atoms with van der Waals surface area (Å²) in [5.41, 5.74) is 4.74. The van der Waals surface area contributed by atoms with Crippen LogP contribution in [0.5, 0.6) is 17.2 Å². The van der Waals surface area contributed by atoms with Crippen LogP contribution in [0.15, 0.2) is 36.7 Å². The van der Waals surface area contributed by atoms with Crippen LogP contribution in [0.3, 0.4) is 0 Å². The number of carbonyl (C=O) groups excluding carboxylic acids is 1. The van der Waals surface area contributed by atoms with E-state index in [1.54, 1.807) is 26.6 Å². The van der Waals surface area contributed by atoms with Crippen molar-refractivity contribution in [3.8, 4) is 28.5 Å². The fraction of sp³-hybridized carbons (Fsp3) is 0.429. The maximum Gasteiger partial charge on any atom is 0.255 e. The van der Waals surface area contributed by atoms with Gasteiger partial charge < -0.3 is 34.7 Å². The summed E-state index contributed by atoms with van der Waals surface area (Å²) >= 11 is 0. The van der Waals surface area contributed by atoms with Gasteiger partial charge in [0.15, 0.2) is 0 Å². The Morgan fingerprint density at radius 1 is 1.16 bits per heavy atom. The highest BCUT2D eigenvalue weighted by Crippen LogP contribution is 2.44. The summed E-state index contributed by atoms with van der Waals surface area (Å²) in [5, 5.41) is 6.66. The van der Waals surface area contributed by atoms with Crippen molar-refractivity contribution in [3.63, 3.8) is 0 Å². The Morgan fingerprint density at radius 3 is 2.95 bits per heavy atom. The normalized spacial score (nSPS) is 22.8. The molecule has 0 aliphatic carbocycles. The van der Waals surface area contributed by atoms with E-state index in [1.807, 2.05) is 24.3 Å². The first kappa shape index (κ1) is 23.7. The summed E-state index contributed by atoms with van der Waals surface area (Å²) in [6, 6.07) is 7.54. The third-order valence-electron chi connectivity index (χ3n) is 7.77. The van der Waals surface area contributed by atoms with Crippen molar-refractivity contribution in [2.45, 2.75) is 25.2 Å². The van der Waals surface area contributed by atoms with Crippen molar-refractivity contribution >= 4 is 17.3 Å². The van der Waals surface area contributed by atoms with Gasteiger partial charge >= 0.3 is 0 Å². The van der Waals surface area contributed by atoms with Crippen LogP contribution in [0.1, 0.15) is 41.2 Å². The van der Waals surface area contributed by atoms with Gasteiger partial charge in [0.2, 0.25) is 0 Å². The van der Waals surface area contributed by atoms with E-state index in [2.05, 4.69) is 25.5 Å². The minimum absolute atomic E-state index is 0.0904. The third kappa shape index (κ3) is 4.48. The third-order valence-corrected chi connectivity index (χ3v) is 7.77. The number of amides is 1. The molecule has 3 aromatic rings. The van der Waals surface area contributed by atoms with Gasteiger partial charge in [-0.2, -0.15) is 0 Å². The van der Waals surface area contributed by atoms with Crippen LogP contribution in [0.25, 0.3) is 11.3 Å². The lowest BCUT2D eigenvalue weighted by atomic mass is 9.92. The van der Waals surface area contributed by atoms with Gasteiger partial charge in [-0.3, -0.25) is 9.78 Å². The van der Waals surface area contributed by atoms with Gasteiger partial charge in [0, 0.05) is 48.4 Å². The quantitative estimate of drug-likeness (QED) is 0.492. The van der Waals surface area contributed by atoms with Crippen LogP contribution in [0.2, 0.25) is 0 Å². The lowest BCUT2D eigenvalue weighted by molar-refractivity contribution is 0.0939. The number of nitrogens with zero attached hydrogens (tertiary/aromatic N) is 2. The fourth-order valence-corrected chi connectivity index (χ4v) is 5.80. The van der Waals surface area contributed by atoms with Crippen LogP contribution in [0.4, 0.5) is 11.4 Å². The van der Waals surface area contributed by atoms with E-state index in [9.17, 15) is 4.79 Å². The number of rotatable bonds is 4. The van der Waals surface area contributed by atoms with Crippen LogP contribution in [-0.4, -0.2) is 67.8 Å². The molecule has 3 aliphatic heterocycles. The van der Waals surface area contributed by atoms with Crippen molar-refractivity contribution in [2.75, 3.05) is 52.3 Å². The largest absolute Gasteiger partial charge is 0.497 e. The molecule has 5 heterocycles. The smallest absolute Gasteiger partial charge is 0.255 e. The van der Waals surface area contributed by atoms with Gasteiger partial charge in [-0.1, -0.05) is 0 Å². The zero-order chi connectivity index (χ0) is 25.4. The second-order valence-electron chi connectivity index (χ2n) is 10.0. The number of carbonyl (C=O) groups is 1. The van der Waals surface area contributed by atoms with E-state index in [-0.39, 0.29) is 11.8 Å². The van der Waals surface area contributed by atoms with E-state index in [4.69, 9.17) is 14.2 Å². The van der Waals surface area contributed by atoms with Crippen molar-refractivity contribution in [1.29, 1.82) is 0 Å². The molecule has 3 atom stereocenters. The summed E-state index contributed by atoms with van der Waals surface area (Å²) in [7, 11) is 3.24. The van der Waals surface area contributed by atoms with Crippen LogP contribution >= 0.6 is 0 Å². The molecule has 4 bridgehead atoms. The van der Waals surface area contributed by atoms with Gasteiger partial charge in [0.1, 0.15) is 17.2 Å². The molecule has 0 spiro atoms. The molecular formula is C28H33N5O4. The Kier molecular flexibility index (Phi) is 6.38. The van der Waals surface area contributed by atoms with Crippen molar-refractivity contribution in [1.82, 2.24) is 20.2 Å². The second kappa shape index (κ2) is 9.97. The maximum absolute atomic E-state index is 13.3. The standard InChI is InChI=1S/C28H33N5O4/c1-35-19-5-6-21(22(12-19)36-2)31-27-24-25-18(13-30-28(24)34)4-3-10-33-11-8-17(15-33)16-37-23-14-29-9-7-20(23)26(27)32-25/h5-7,9,12,14,17-18,31-32H,3-4,8,10-11,13,15-16H2,1-2H3,(H,30,34)/t17-,18+/m1/s1. The molecule has 0 saturated carbocycles. The molecule has 194 valence electrons. The predicted molar refractivity (Wildman–Crippen MR) is 141 cm³/mol. The van der Waals surface area contributed by atoms with Crippen LogP contribution < -0.4 is 24.8 Å². The van der Waals surface area contributed by atoms with E-state index >= 15 is 0 Å². The molecule has 37 heavy (non-hydrogen) atoms. The average molecular weight is 504 g/mol. The molecule has 1 unspecified atom stereocenters. The Bertz CT molecular complexity index is 1310. The van der Waals surface area contributed by atoms with E-state index in [0.717, 1.165) is 61.5 Å². The first-order valence-electron chi connectivity index (χ1n) is 13.0. The van der Waals surface area contributed by atoms with Crippen LogP contribution in [-0.2, 0) is 0 Å². The zero-order valence-electron chi connectivity index (χ0n) is 21.3. The van der Waals surface area contributed by atoms with E-state index < -0.39 is 0 Å². The summed E-state index contributed by atoms with van der Waals surface area (Å²) in [5.74, 6) is 2.63. The highest BCUT2D eigenvalue weighted by atomic mass is 16.5. The molecule has 2 aromatic heterocycles. The van der Waals surface area contributed by atoms with Crippen LogP contribution in [0, 0.1) is 5.92 Å². The van der Waals surface area contributed by atoms with Gasteiger partial charge in [0.05, 0.1) is 49.7 Å². The van der Waals surface area contributed by atoms with Gasteiger partial charge in [-0.25, -0.2) is 0 Å². The molecule has 3 N–H and O–H groups in total. The number of fused-ring (bicyclic) bond motifs is 5. The Balaban J connectivity index is 1.49. The van der Waals surface area contributed by atoms with Crippen molar-refractivity contribution in [3.05, 3.63) is 47.9 Å². The number of pyridine rings is 1. The minimum atomic E-state index is -0.0904. The Labute approximate surface area is 216 Å². The Hall–Kier alpha value is -3.72. The lowest BCUT2D eigenvalue weighted by Gasteiger charge is -2.25. The van der Waals surface area contributed by atoms with Gasteiger partial charge in [-0.05, 0) is 50.6 Å². The Morgan fingerprint density at radius 2 is 2.08 bits per heavy atom.